The molecule has 0 N–H and O–H groups in total. The van der Waals surface area contributed by atoms with Gasteiger partial charge in [-0.25, -0.2) is 9.97 Å². The average molecular weight is 344 g/mol. The topological polar surface area (TPSA) is 46.1 Å². The van der Waals surface area contributed by atoms with Crippen LogP contribution in [0.1, 0.15) is 49.3 Å². The molecule has 1 amide bonds. The minimum absolute atomic E-state index is 0.142. The number of benzene rings is 1. The summed E-state index contributed by atoms with van der Waals surface area (Å²) in [5, 5.41) is 0.685. The predicted molar refractivity (Wildman–Crippen MR) is 94.7 cm³/mol. The molecule has 5 heteroatoms. The summed E-state index contributed by atoms with van der Waals surface area (Å²) in [6, 6.07) is 7.58. The number of amides is 1. The molecule has 1 aromatic carbocycles. The smallest absolute Gasteiger partial charge is 0.231 e. The first-order valence-electron chi connectivity index (χ1n) is 8.37. The Balaban J connectivity index is 1.83. The highest BCUT2D eigenvalue weighted by Gasteiger charge is 2.32. The molecule has 2 aromatic rings. The minimum Gasteiger partial charge on any atom is -0.332 e. The fraction of sp³-hybridized carbons (Fsp3) is 0.421. The highest BCUT2D eigenvalue weighted by atomic mass is 35.5. The molecule has 2 heterocycles. The largest absolute Gasteiger partial charge is 0.332 e. The first-order chi connectivity index (χ1) is 11.5. The Kier molecular flexibility index (Phi) is 4.86. The molecule has 0 radical (unpaired) electrons. The van der Waals surface area contributed by atoms with Crippen molar-refractivity contribution in [2.24, 2.45) is 5.92 Å². The summed E-state index contributed by atoms with van der Waals surface area (Å²) in [6.07, 6.45) is 2.67. The second kappa shape index (κ2) is 6.89. The monoisotopic (exact) mass is 343 g/mol. The van der Waals surface area contributed by atoms with Crippen molar-refractivity contribution in [3.63, 3.8) is 0 Å². The van der Waals surface area contributed by atoms with Gasteiger partial charge in [0.05, 0.1) is 18.2 Å². The van der Waals surface area contributed by atoms with E-state index in [-0.39, 0.29) is 17.7 Å². The molecule has 0 unspecified atom stereocenters. The molecule has 1 aromatic heterocycles. The van der Waals surface area contributed by atoms with Gasteiger partial charge in [0.2, 0.25) is 5.91 Å². The lowest BCUT2D eigenvalue weighted by atomic mass is 9.87. The molecule has 0 spiro atoms. The van der Waals surface area contributed by atoms with Crippen LogP contribution in [-0.4, -0.2) is 20.8 Å². The molecule has 1 aliphatic rings. The Morgan fingerprint density at radius 1 is 1.25 bits per heavy atom. The molecule has 0 saturated heterocycles. The normalized spacial score (nSPS) is 14.8. The number of rotatable bonds is 4. The third-order valence-corrected chi connectivity index (χ3v) is 4.75. The number of carbonyl (C=O) groups excluding carboxylic acids is 1. The van der Waals surface area contributed by atoms with Crippen molar-refractivity contribution in [3.8, 4) is 0 Å². The summed E-state index contributed by atoms with van der Waals surface area (Å²) >= 11 is 5.98. The predicted octanol–water partition coefficient (Wildman–Crippen LogP) is 3.97. The fourth-order valence-electron chi connectivity index (χ4n) is 3.20. The standard InChI is InChI=1S/C19H22ClN3O/c1-4-17-21-9-14-10-23(11-16(14)22-17)19(24)18(12(2)3)13-5-7-15(20)8-6-13/h5-9,12,18H,4,10-11H2,1-3H3/t18-/m0/s1. The second-order valence-electron chi connectivity index (χ2n) is 6.58. The SMILES string of the molecule is CCc1ncc2c(n1)CN(C(=O)[C@H](c1ccc(Cl)cc1)C(C)C)C2. The molecular weight excluding hydrogens is 322 g/mol. The van der Waals surface area contributed by atoms with Crippen molar-refractivity contribution in [2.75, 3.05) is 0 Å². The molecule has 3 rings (SSSR count). The number of carbonyl (C=O) groups is 1. The number of aryl methyl sites for hydroxylation is 1. The molecule has 126 valence electrons. The number of fused-ring (bicyclic) bond motifs is 1. The Hall–Kier alpha value is -1.94. The van der Waals surface area contributed by atoms with E-state index < -0.39 is 0 Å². The maximum atomic E-state index is 13.1. The molecule has 4 nitrogen and oxygen atoms in total. The minimum atomic E-state index is -0.171. The fourth-order valence-corrected chi connectivity index (χ4v) is 3.33. The van der Waals surface area contributed by atoms with Gasteiger partial charge in [-0.3, -0.25) is 4.79 Å². The molecule has 1 atom stereocenters. The summed E-state index contributed by atoms with van der Waals surface area (Å²) in [7, 11) is 0. The Labute approximate surface area is 147 Å². The average Bonchev–Trinajstić information content (AvgIpc) is 2.99. The van der Waals surface area contributed by atoms with E-state index in [2.05, 4.69) is 23.8 Å². The highest BCUT2D eigenvalue weighted by molar-refractivity contribution is 6.30. The zero-order chi connectivity index (χ0) is 17.3. The van der Waals surface area contributed by atoms with Crippen molar-refractivity contribution in [1.29, 1.82) is 0 Å². The Morgan fingerprint density at radius 2 is 1.96 bits per heavy atom. The van der Waals surface area contributed by atoms with Gasteiger partial charge in [0, 0.05) is 29.7 Å². The van der Waals surface area contributed by atoms with Crippen LogP contribution in [0, 0.1) is 5.92 Å². The van der Waals surface area contributed by atoms with E-state index in [1.807, 2.05) is 42.3 Å². The molecule has 0 aliphatic carbocycles. The summed E-state index contributed by atoms with van der Waals surface area (Å²) in [6.45, 7) is 7.36. The van der Waals surface area contributed by atoms with Crippen molar-refractivity contribution in [2.45, 2.75) is 46.2 Å². The van der Waals surface area contributed by atoms with Gasteiger partial charge in [-0.2, -0.15) is 0 Å². The summed E-state index contributed by atoms with van der Waals surface area (Å²) in [5.74, 6) is 1.01. The van der Waals surface area contributed by atoms with Crippen molar-refractivity contribution < 1.29 is 4.79 Å². The summed E-state index contributed by atoms with van der Waals surface area (Å²) < 4.78 is 0. The number of nitrogens with zero attached hydrogens (tertiary/aromatic N) is 3. The third kappa shape index (κ3) is 3.29. The van der Waals surface area contributed by atoms with Gasteiger partial charge in [-0.05, 0) is 23.6 Å². The van der Waals surface area contributed by atoms with Gasteiger partial charge >= 0.3 is 0 Å². The molecule has 24 heavy (non-hydrogen) atoms. The first-order valence-corrected chi connectivity index (χ1v) is 8.75. The Bertz CT molecular complexity index is 743. The highest BCUT2D eigenvalue weighted by Crippen LogP contribution is 2.31. The molecule has 1 aliphatic heterocycles. The van der Waals surface area contributed by atoms with E-state index in [0.29, 0.717) is 18.1 Å². The van der Waals surface area contributed by atoms with Gasteiger partial charge in [0.25, 0.3) is 0 Å². The zero-order valence-electron chi connectivity index (χ0n) is 14.3. The van der Waals surface area contributed by atoms with Crippen LogP contribution in [0.4, 0.5) is 0 Å². The molecular formula is C19H22ClN3O. The molecule has 0 fully saturated rings. The maximum Gasteiger partial charge on any atom is 0.231 e. The molecule has 0 bridgehead atoms. The van der Waals surface area contributed by atoms with Crippen LogP contribution in [-0.2, 0) is 24.3 Å². The number of hydrogen-bond acceptors (Lipinski definition) is 3. The summed E-state index contributed by atoms with van der Waals surface area (Å²) in [4.78, 5) is 23.9. The van der Waals surface area contributed by atoms with Gasteiger partial charge in [-0.15, -0.1) is 0 Å². The van der Waals surface area contributed by atoms with E-state index in [0.717, 1.165) is 29.1 Å². The summed E-state index contributed by atoms with van der Waals surface area (Å²) in [5.41, 5.74) is 3.05. The van der Waals surface area contributed by atoms with Gasteiger partial charge in [-0.1, -0.05) is 44.5 Å². The maximum absolute atomic E-state index is 13.1. The van der Waals surface area contributed by atoms with Crippen LogP contribution >= 0.6 is 11.6 Å². The van der Waals surface area contributed by atoms with Crippen molar-refractivity contribution in [3.05, 3.63) is 58.1 Å². The van der Waals surface area contributed by atoms with Crippen LogP contribution in [0.15, 0.2) is 30.5 Å². The van der Waals surface area contributed by atoms with E-state index in [4.69, 9.17) is 11.6 Å². The van der Waals surface area contributed by atoms with Crippen molar-refractivity contribution >= 4 is 17.5 Å². The van der Waals surface area contributed by atoms with Gasteiger partial charge < -0.3 is 4.90 Å². The Morgan fingerprint density at radius 3 is 2.58 bits per heavy atom. The first kappa shape index (κ1) is 16.9. The van der Waals surface area contributed by atoms with Gasteiger partial charge in [0.1, 0.15) is 5.82 Å². The van der Waals surface area contributed by atoms with Crippen molar-refractivity contribution in [1.82, 2.24) is 14.9 Å². The van der Waals surface area contributed by atoms with Crippen LogP contribution in [0.2, 0.25) is 5.02 Å². The quantitative estimate of drug-likeness (QED) is 0.843. The van der Waals surface area contributed by atoms with E-state index >= 15 is 0 Å². The lowest BCUT2D eigenvalue weighted by molar-refractivity contribution is -0.134. The second-order valence-corrected chi connectivity index (χ2v) is 7.02. The number of hydrogen-bond donors (Lipinski definition) is 0. The lowest BCUT2D eigenvalue weighted by Gasteiger charge is -2.26. The van der Waals surface area contributed by atoms with Crippen LogP contribution in [0.3, 0.4) is 0 Å². The lowest BCUT2D eigenvalue weighted by Crippen LogP contribution is -2.33. The third-order valence-electron chi connectivity index (χ3n) is 4.50. The van der Waals surface area contributed by atoms with E-state index in [1.54, 1.807) is 0 Å². The number of aromatic nitrogens is 2. The molecule has 0 saturated carbocycles. The van der Waals surface area contributed by atoms with Crippen LogP contribution < -0.4 is 0 Å². The van der Waals surface area contributed by atoms with E-state index in [1.165, 1.54) is 0 Å². The zero-order valence-corrected chi connectivity index (χ0v) is 15.0. The van der Waals surface area contributed by atoms with E-state index in [9.17, 15) is 4.79 Å². The van der Waals surface area contributed by atoms with Gasteiger partial charge in [0.15, 0.2) is 0 Å². The number of halogens is 1. The van der Waals surface area contributed by atoms with Crippen LogP contribution in [0.5, 0.6) is 0 Å². The van der Waals surface area contributed by atoms with Crippen LogP contribution in [0.25, 0.3) is 0 Å².